The third-order valence-electron chi connectivity index (χ3n) is 3.76. The highest BCUT2D eigenvalue weighted by Crippen LogP contribution is 2.54. The summed E-state index contributed by atoms with van der Waals surface area (Å²) in [7, 11) is -3.98. The molecule has 3 aliphatic rings. The molecule has 2 bridgehead atoms. The molecule has 0 aliphatic carbocycles. The number of carbonyl (C=O) groups is 1. The van der Waals surface area contributed by atoms with Crippen molar-refractivity contribution in [2.24, 2.45) is 0 Å². The van der Waals surface area contributed by atoms with Crippen LogP contribution in [0.5, 0.6) is 0 Å². The Kier molecular flexibility index (Phi) is 2.39. The van der Waals surface area contributed by atoms with Crippen LogP contribution < -0.4 is 0 Å². The van der Waals surface area contributed by atoms with Crippen molar-refractivity contribution in [1.29, 1.82) is 0 Å². The fourth-order valence-electron chi connectivity index (χ4n) is 2.99. The van der Waals surface area contributed by atoms with Crippen LogP contribution in [0, 0.1) is 0 Å². The molecule has 0 radical (unpaired) electrons. The van der Waals surface area contributed by atoms with Crippen LogP contribution in [0.1, 0.15) is 20.3 Å². The zero-order valence-electron chi connectivity index (χ0n) is 10.1. The van der Waals surface area contributed by atoms with Gasteiger partial charge in [-0.25, -0.2) is 4.79 Å². The quantitative estimate of drug-likeness (QED) is 0.536. The van der Waals surface area contributed by atoms with Crippen molar-refractivity contribution in [2.45, 2.75) is 55.4 Å². The van der Waals surface area contributed by atoms with E-state index in [1.165, 1.54) is 0 Å². The third kappa shape index (κ3) is 1.71. The lowest BCUT2D eigenvalue weighted by Gasteiger charge is -2.26. The minimum absolute atomic E-state index is 0.195. The summed E-state index contributed by atoms with van der Waals surface area (Å²) in [4.78, 5) is 11.2. The molecular formula is C10H12F2O6S. The first-order valence-corrected chi connectivity index (χ1v) is 7.21. The van der Waals surface area contributed by atoms with E-state index in [4.69, 9.17) is 8.92 Å². The molecular weight excluding hydrogens is 286 g/mol. The van der Waals surface area contributed by atoms with Crippen LogP contribution in [0.15, 0.2) is 0 Å². The van der Waals surface area contributed by atoms with Crippen molar-refractivity contribution < 1.29 is 35.6 Å². The smallest absolute Gasteiger partial charge is 0.377 e. The first-order chi connectivity index (χ1) is 8.55. The van der Waals surface area contributed by atoms with Crippen molar-refractivity contribution >= 4 is 16.1 Å². The molecule has 19 heavy (non-hydrogen) atoms. The van der Waals surface area contributed by atoms with Crippen molar-refractivity contribution in [3.63, 3.8) is 0 Å². The summed E-state index contributed by atoms with van der Waals surface area (Å²) in [6, 6.07) is 0. The molecule has 3 aliphatic heterocycles. The predicted molar refractivity (Wildman–Crippen MR) is 56.0 cm³/mol. The van der Waals surface area contributed by atoms with Crippen molar-refractivity contribution in [3.05, 3.63) is 0 Å². The van der Waals surface area contributed by atoms with Gasteiger partial charge in [-0.1, -0.05) is 0 Å². The second-order valence-corrected chi connectivity index (χ2v) is 7.11. The van der Waals surface area contributed by atoms with Gasteiger partial charge < -0.3 is 9.47 Å². The molecule has 3 saturated heterocycles. The molecule has 0 spiro atoms. The second kappa shape index (κ2) is 3.44. The lowest BCUT2D eigenvalue weighted by molar-refractivity contribution is -0.177. The van der Waals surface area contributed by atoms with Crippen LogP contribution in [0.25, 0.3) is 0 Å². The van der Waals surface area contributed by atoms with Crippen LogP contribution >= 0.6 is 0 Å². The average Bonchev–Trinajstić information content (AvgIpc) is 2.72. The van der Waals surface area contributed by atoms with Gasteiger partial charge in [-0.2, -0.15) is 17.2 Å². The van der Waals surface area contributed by atoms with Gasteiger partial charge in [-0.3, -0.25) is 4.18 Å². The molecule has 0 aromatic rings. The molecule has 108 valence electrons. The van der Waals surface area contributed by atoms with Crippen LogP contribution in [0.4, 0.5) is 8.78 Å². The van der Waals surface area contributed by atoms with Gasteiger partial charge in [0.1, 0.15) is 17.8 Å². The molecule has 3 rings (SSSR count). The van der Waals surface area contributed by atoms with E-state index in [1.807, 2.05) is 0 Å². The van der Waals surface area contributed by atoms with Gasteiger partial charge in [-0.15, -0.1) is 0 Å². The van der Waals surface area contributed by atoms with Crippen LogP contribution in [-0.2, 0) is 28.6 Å². The molecule has 6 nitrogen and oxygen atoms in total. The molecule has 0 aromatic carbocycles. The molecule has 0 N–H and O–H groups in total. The van der Waals surface area contributed by atoms with E-state index in [1.54, 1.807) is 6.92 Å². The number of fused-ring (bicyclic) bond motifs is 1. The summed E-state index contributed by atoms with van der Waals surface area (Å²) in [6.07, 6.45) is -2.53. The monoisotopic (exact) mass is 298 g/mol. The van der Waals surface area contributed by atoms with E-state index < -0.39 is 51.2 Å². The average molecular weight is 298 g/mol. The molecule has 5 unspecified atom stereocenters. The lowest BCUT2D eigenvalue weighted by Crippen LogP contribution is -2.48. The standard InChI is InChI=1S/C10H12F2O6S/c1-9-3-4-5(17-8(13)10(2,11)12)6(7(9)16-4)19(14,15)18-9/h4-7H,3H2,1-2H3. The van der Waals surface area contributed by atoms with E-state index in [2.05, 4.69) is 4.74 Å². The van der Waals surface area contributed by atoms with Crippen LogP contribution in [0.2, 0.25) is 0 Å². The number of carbonyl (C=O) groups excluding carboxylic acids is 1. The largest absolute Gasteiger partial charge is 0.454 e. The lowest BCUT2D eigenvalue weighted by atomic mass is 9.84. The molecule has 9 heteroatoms. The van der Waals surface area contributed by atoms with E-state index in [-0.39, 0.29) is 6.42 Å². The summed E-state index contributed by atoms with van der Waals surface area (Å²) in [5, 5.41) is -1.22. The van der Waals surface area contributed by atoms with Gasteiger partial charge >= 0.3 is 11.9 Å². The summed E-state index contributed by atoms with van der Waals surface area (Å²) < 4.78 is 64.4. The van der Waals surface area contributed by atoms with Gasteiger partial charge in [0.2, 0.25) is 0 Å². The molecule has 0 aromatic heterocycles. The molecule has 0 saturated carbocycles. The Hall–Kier alpha value is -0.800. The highest BCUT2D eigenvalue weighted by atomic mass is 32.2. The normalized spacial score (nSPS) is 46.5. The van der Waals surface area contributed by atoms with E-state index in [0.29, 0.717) is 6.92 Å². The summed E-state index contributed by atoms with van der Waals surface area (Å²) >= 11 is 0. The summed E-state index contributed by atoms with van der Waals surface area (Å²) in [6.45, 7) is 1.98. The number of ether oxygens (including phenoxy) is 2. The fraction of sp³-hybridized carbons (Fsp3) is 0.900. The fourth-order valence-corrected chi connectivity index (χ4v) is 5.01. The zero-order valence-corrected chi connectivity index (χ0v) is 10.9. The Balaban J connectivity index is 1.89. The zero-order chi connectivity index (χ0) is 14.2. The minimum atomic E-state index is -3.98. The Morgan fingerprint density at radius 3 is 2.68 bits per heavy atom. The highest BCUT2D eigenvalue weighted by Gasteiger charge is 2.73. The third-order valence-corrected chi connectivity index (χ3v) is 5.55. The van der Waals surface area contributed by atoms with Gasteiger partial charge in [0.05, 0.1) is 6.10 Å². The van der Waals surface area contributed by atoms with Crippen LogP contribution in [-0.4, -0.2) is 49.5 Å². The number of rotatable bonds is 2. The summed E-state index contributed by atoms with van der Waals surface area (Å²) in [5.74, 6) is -5.42. The Morgan fingerprint density at radius 2 is 2.11 bits per heavy atom. The number of alkyl halides is 2. The Bertz CT molecular complexity index is 541. The summed E-state index contributed by atoms with van der Waals surface area (Å²) in [5.41, 5.74) is -0.980. The minimum Gasteiger partial charge on any atom is -0.454 e. The SMILES string of the molecule is CC(F)(F)C(=O)OC1C2CC3(C)OS(=O)(=O)C1C3O2. The maximum atomic E-state index is 12.8. The number of hydrogen-bond acceptors (Lipinski definition) is 6. The van der Waals surface area contributed by atoms with Gasteiger partial charge in [0.25, 0.3) is 10.1 Å². The van der Waals surface area contributed by atoms with E-state index >= 15 is 0 Å². The molecule has 3 fully saturated rings. The maximum Gasteiger partial charge on any atom is 0.377 e. The Labute approximate surface area is 108 Å². The highest BCUT2D eigenvalue weighted by molar-refractivity contribution is 7.87. The molecule has 5 atom stereocenters. The Morgan fingerprint density at radius 1 is 1.47 bits per heavy atom. The second-order valence-electron chi connectivity index (χ2n) is 5.41. The van der Waals surface area contributed by atoms with Gasteiger partial charge in [0, 0.05) is 13.3 Å². The topological polar surface area (TPSA) is 78.9 Å². The van der Waals surface area contributed by atoms with Crippen molar-refractivity contribution in [2.75, 3.05) is 0 Å². The number of hydrogen-bond donors (Lipinski definition) is 0. The van der Waals surface area contributed by atoms with E-state index in [9.17, 15) is 22.0 Å². The number of halogens is 2. The van der Waals surface area contributed by atoms with Gasteiger partial charge in [-0.05, 0) is 6.92 Å². The van der Waals surface area contributed by atoms with Crippen molar-refractivity contribution in [1.82, 2.24) is 0 Å². The first kappa shape index (κ1) is 13.2. The van der Waals surface area contributed by atoms with Crippen LogP contribution in [0.3, 0.4) is 0 Å². The molecule has 3 heterocycles. The molecule has 0 amide bonds. The predicted octanol–water partition coefficient (Wildman–Crippen LogP) is 0.212. The van der Waals surface area contributed by atoms with Gasteiger partial charge in [0.15, 0.2) is 5.25 Å². The first-order valence-electron chi connectivity index (χ1n) is 5.73. The maximum absolute atomic E-state index is 12.8. The van der Waals surface area contributed by atoms with Crippen molar-refractivity contribution in [3.8, 4) is 0 Å². The number of esters is 1. The van der Waals surface area contributed by atoms with E-state index in [0.717, 1.165) is 0 Å².